The molecule has 86 valence electrons. The number of rotatable bonds is 7. The fraction of sp³-hybridized carbons (Fsp3) is 0.545. The van der Waals surface area contributed by atoms with E-state index in [9.17, 15) is 4.79 Å². The van der Waals surface area contributed by atoms with E-state index < -0.39 is 0 Å². The minimum absolute atomic E-state index is 0.0382. The van der Waals surface area contributed by atoms with E-state index in [4.69, 9.17) is 6.42 Å². The van der Waals surface area contributed by atoms with Crippen molar-refractivity contribution in [3.05, 3.63) is 12.7 Å². The zero-order valence-corrected chi connectivity index (χ0v) is 9.22. The molecule has 1 aromatic rings. The molecular formula is C11H16N4O. The number of hydrogen-bond acceptors (Lipinski definition) is 3. The molecule has 1 aromatic heterocycles. The van der Waals surface area contributed by atoms with Crippen molar-refractivity contribution in [2.45, 2.75) is 32.2 Å². The van der Waals surface area contributed by atoms with Crippen LogP contribution in [-0.4, -0.2) is 27.2 Å². The van der Waals surface area contributed by atoms with Crippen molar-refractivity contribution in [1.82, 2.24) is 20.1 Å². The minimum atomic E-state index is 0.0382. The van der Waals surface area contributed by atoms with Crippen molar-refractivity contribution in [2.24, 2.45) is 0 Å². The maximum atomic E-state index is 11.4. The molecule has 5 heteroatoms. The number of unbranched alkanes of at least 4 members (excludes halogenated alkanes) is 2. The number of nitrogens with one attached hydrogen (secondary N) is 1. The molecule has 0 aliphatic carbocycles. The van der Waals surface area contributed by atoms with Gasteiger partial charge in [-0.3, -0.25) is 9.48 Å². The zero-order valence-electron chi connectivity index (χ0n) is 9.22. The van der Waals surface area contributed by atoms with Gasteiger partial charge in [-0.1, -0.05) is 0 Å². The van der Waals surface area contributed by atoms with Gasteiger partial charge >= 0.3 is 0 Å². The number of aryl methyl sites for hydroxylation is 1. The summed E-state index contributed by atoms with van der Waals surface area (Å²) >= 11 is 0. The molecule has 0 aliphatic rings. The predicted molar refractivity (Wildman–Crippen MR) is 60.3 cm³/mol. The van der Waals surface area contributed by atoms with Gasteiger partial charge < -0.3 is 5.32 Å². The maximum absolute atomic E-state index is 11.4. The first-order valence-corrected chi connectivity index (χ1v) is 5.35. The van der Waals surface area contributed by atoms with Crippen molar-refractivity contribution in [3.8, 4) is 12.3 Å². The molecule has 0 radical (unpaired) electrons. The van der Waals surface area contributed by atoms with Gasteiger partial charge in [0.15, 0.2) is 0 Å². The van der Waals surface area contributed by atoms with Crippen molar-refractivity contribution in [3.63, 3.8) is 0 Å². The molecule has 1 heterocycles. The average molecular weight is 220 g/mol. The van der Waals surface area contributed by atoms with Crippen LogP contribution in [0.3, 0.4) is 0 Å². The number of terminal acetylenes is 1. The van der Waals surface area contributed by atoms with E-state index >= 15 is 0 Å². The first-order chi connectivity index (χ1) is 7.83. The highest BCUT2D eigenvalue weighted by atomic mass is 16.1. The van der Waals surface area contributed by atoms with E-state index in [0.717, 1.165) is 19.3 Å². The average Bonchev–Trinajstić information content (AvgIpc) is 2.79. The van der Waals surface area contributed by atoms with Gasteiger partial charge in [-0.2, -0.15) is 5.10 Å². The largest absolute Gasteiger partial charge is 0.356 e. The highest BCUT2D eigenvalue weighted by Gasteiger charge is 2.00. The summed E-state index contributed by atoms with van der Waals surface area (Å²) in [5.74, 6) is 2.61. The van der Waals surface area contributed by atoms with Gasteiger partial charge in [-0.05, 0) is 12.8 Å². The Bertz CT molecular complexity index is 339. The molecule has 16 heavy (non-hydrogen) atoms. The monoisotopic (exact) mass is 220 g/mol. The minimum Gasteiger partial charge on any atom is -0.356 e. The fourth-order valence-corrected chi connectivity index (χ4v) is 1.23. The van der Waals surface area contributed by atoms with Crippen LogP contribution < -0.4 is 5.32 Å². The number of carbonyl (C=O) groups is 1. The SMILES string of the molecule is C#CCCCCNC(=O)CCn1cncn1. The van der Waals surface area contributed by atoms with Crippen molar-refractivity contribution < 1.29 is 4.79 Å². The Hall–Kier alpha value is -1.83. The number of carbonyl (C=O) groups excluding carboxylic acids is 1. The van der Waals surface area contributed by atoms with Gasteiger partial charge in [0.25, 0.3) is 0 Å². The second-order valence-electron chi connectivity index (χ2n) is 3.42. The second kappa shape index (κ2) is 7.46. The van der Waals surface area contributed by atoms with Crippen LogP contribution >= 0.6 is 0 Å². The van der Waals surface area contributed by atoms with Gasteiger partial charge in [-0.25, -0.2) is 4.98 Å². The van der Waals surface area contributed by atoms with Gasteiger partial charge in [-0.15, -0.1) is 12.3 Å². The van der Waals surface area contributed by atoms with Crippen LogP contribution in [0.5, 0.6) is 0 Å². The van der Waals surface area contributed by atoms with Crippen LogP contribution in [0.15, 0.2) is 12.7 Å². The quantitative estimate of drug-likeness (QED) is 0.540. The van der Waals surface area contributed by atoms with Crippen molar-refractivity contribution in [2.75, 3.05) is 6.54 Å². The van der Waals surface area contributed by atoms with Crippen LogP contribution in [0.4, 0.5) is 0 Å². The Morgan fingerprint density at radius 2 is 2.38 bits per heavy atom. The third-order valence-corrected chi connectivity index (χ3v) is 2.10. The van der Waals surface area contributed by atoms with Crippen molar-refractivity contribution >= 4 is 5.91 Å². The van der Waals surface area contributed by atoms with Crippen LogP contribution in [-0.2, 0) is 11.3 Å². The Labute approximate surface area is 95.3 Å². The second-order valence-corrected chi connectivity index (χ2v) is 3.42. The van der Waals surface area contributed by atoms with E-state index in [-0.39, 0.29) is 5.91 Å². The molecule has 1 N–H and O–H groups in total. The summed E-state index contributed by atoms with van der Waals surface area (Å²) in [7, 11) is 0. The van der Waals surface area contributed by atoms with Gasteiger partial charge in [0.2, 0.25) is 5.91 Å². The molecule has 0 bridgehead atoms. The summed E-state index contributed by atoms with van der Waals surface area (Å²) in [4.78, 5) is 15.2. The maximum Gasteiger partial charge on any atom is 0.221 e. The Balaban J connectivity index is 2.01. The molecule has 0 aromatic carbocycles. The van der Waals surface area contributed by atoms with E-state index in [1.54, 1.807) is 11.0 Å². The molecule has 1 amide bonds. The van der Waals surface area contributed by atoms with Crippen LogP contribution in [0.1, 0.15) is 25.7 Å². The third kappa shape index (κ3) is 5.15. The van der Waals surface area contributed by atoms with E-state index in [1.807, 2.05) is 0 Å². The third-order valence-electron chi connectivity index (χ3n) is 2.10. The molecule has 0 atom stereocenters. The molecule has 0 fully saturated rings. The standard InChI is InChI=1S/C11H16N4O/c1-2-3-4-5-7-13-11(16)6-8-15-10-12-9-14-15/h1,9-10H,3-8H2,(H,13,16). The Morgan fingerprint density at radius 3 is 3.06 bits per heavy atom. The highest BCUT2D eigenvalue weighted by Crippen LogP contribution is 1.92. The number of nitrogens with zero attached hydrogens (tertiary/aromatic N) is 3. The molecule has 0 aliphatic heterocycles. The zero-order chi connectivity index (χ0) is 11.6. The van der Waals surface area contributed by atoms with Crippen LogP contribution in [0.2, 0.25) is 0 Å². The van der Waals surface area contributed by atoms with Crippen LogP contribution in [0, 0.1) is 12.3 Å². The lowest BCUT2D eigenvalue weighted by atomic mass is 10.2. The van der Waals surface area contributed by atoms with Gasteiger partial charge in [0.1, 0.15) is 12.7 Å². The summed E-state index contributed by atoms with van der Waals surface area (Å²) < 4.78 is 1.64. The number of aromatic nitrogens is 3. The van der Waals surface area contributed by atoms with E-state index in [2.05, 4.69) is 21.3 Å². The predicted octanol–water partition coefficient (Wildman–Crippen LogP) is 0.588. The summed E-state index contributed by atoms with van der Waals surface area (Å²) in [5.41, 5.74) is 0. The number of amides is 1. The summed E-state index contributed by atoms with van der Waals surface area (Å²) in [6, 6.07) is 0. The topological polar surface area (TPSA) is 59.8 Å². The highest BCUT2D eigenvalue weighted by molar-refractivity contribution is 5.75. The lowest BCUT2D eigenvalue weighted by molar-refractivity contribution is -0.121. The molecule has 0 saturated carbocycles. The first kappa shape index (κ1) is 12.2. The van der Waals surface area contributed by atoms with E-state index in [1.165, 1.54) is 6.33 Å². The van der Waals surface area contributed by atoms with Crippen LogP contribution in [0.25, 0.3) is 0 Å². The normalized spacial score (nSPS) is 9.69. The summed E-state index contributed by atoms with van der Waals surface area (Å²) in [6.07, 6.45) is 11.3. The van der Waals surface area contributed by atoms with Gasteiger partial charge in [0.05, 0.1) is 6.54 Å². The molecule has 0 spiro atoms. The smallest absolute Gasteiger partial charge is 0.221 e. The molecule has 0 saturated heterocycles. The van der Waals surface area contributed by atoms with Crippen molar-refractivity contribution in [1.29, 1.82) is 0 Å². The molecule has 1 rings (SSSR count). The molecular weight excluding hydrogens is 204 g/mol. The molecule has 5 nitrogen and oxygen atoms in total. The summed E-state index contributed by atoms with van der Waals surface area (Å²) in [5, 5.41) is 6.75. The fourth-order valence-electron chi connectivity index (χ4n) is 1.23. The van der Waals surface area contributed by atoms with E-state index in [0.29, 0.717) is 19.5 Å². The summed E-state index contributed by atoms with van der Waals surface area (Å²) in [6.45, 7) is 1.26. The Morgan fingerprint density at radius 1 is 1.50 bits per heavy atom. The molecule has 0 unspecified atom stereocenters. The Kier molecular flexibility index (Phi) is 5.71. The lowest BCUT2D eigenvalue weighted by Crippen LogP contribution is -2.25. The number of hydrogen-bond donors (Lipinski definition) is 1. The van der Waals surface area contributed by atoms with Gasteiger partial charge in [0, 0.05) is 19.4 Å². The lowest BCUT2D eigenvalue weighted by Gasteiger charge is -2.04. The first-order valence-electron chi connectivity index (χ1n) is 5.35.